The van der Waals surface area contributed by atoms with Crippen LogP contribution in [0.15, 0.2) is 23.3 Å². The minimum atomic E-state index is -0.304. The Bertz CT molecular complexity index is 591. The fourth-order valence-corrected chi connectivity index (χ4v) is 2.26. The van der Waals surface area contributed by atoms with E-state index >= 15 is 0 Å². The summed E-state index contributed by atoms with van der Waals surface area (Å²) in [5.41, 5.74) is 1.40. The number of ether oxygens (including phenoxy) is 1. The van der Waals surface area contributed by atoms with E-state index in [1.54, 1.807) is 19.5 Å². The molecule has 0 saturated heterocycles. The molecule has 1 atom stereocenters. The average Bonchev–Trinajstić information content (AvgIpc) is 3.24. The summed E-state index contributed by atoms with van der Waals surface area (Å²) in [4.78, 5) is 12.2. The molecule has 1 aromatic heterocycles. The molecule has 106 valence electrons. The van der Waals surface area contributed by atoms with Crippen LogP contribution in [0.25, 0.3) is 6.08 Å². The predicted molar refractivity (Wildman–Crippen MR) is 78.0 cm³/mol. The minimum absolute atomic E-state index is 0.0780. The quantitative estimate of drug-likeness (QED) is 0.748. The van der Waals surface area contributed by atoms with E-state index < -0.39 is 0 Å². The first-order valence-electron chi connectivity index (χ1n) is 7.04. The highest BCUT2D eigenvalue weighted by atomic mass is 16.5. The molecule has 4 heteroatoms. The van der Waals surface area contributed by atoms with Gasteiger partial charge in [-0.2, -0.15) is 5.26 Å². The third-order valence-electron chi connectivity index (χ3n) is 3.55. The lowest BCUT2D eigenvalue weighted by molar-refractivity contribution is 0.272. The summed E-state index contributed by atoms with van der Waals surface area (Å²) in [6.07, 6.45) is 8.35. The normalized spacial score (nSPS) is 16.1. The van der Waals surface area contributed by atoms with Crippen LogP contribution in [0, 0.1) is 17.2 Å². The van der Waals surface area contributed by atoms with Gasteiger partial charge < -0.3 is 9.30 Å². The molecule has 1 aliphatic carbocycles. The highest BCUT2D eigenvalue weighted by Crippen LogP contribution is 2.37. The molecule has 0 radical (unpaired) electrons. The van der Waals surface area contributed by atoms with Gasteiger partial charge in [0, 0.05) is 18.8 Å². The molecule has 4 nitrogen and oxygen atoms in total. The maximum absolute atomic E-state index is 12.2. The summed E-state index contributed by atoms with van der Waals surface area (Å²) >= 11 is 0. The van der Waals surface area contributed by atoms with E-state index in [9.17, 15) is 10.1 Å². The summed E-state index contributed by atoms with van der Waals surface area (Å²) in [5, 5.41) is 9.34. The molecular weight excluding hydrogens is 252 g/mol. The van der Waals surface area contributed by atoms with Gasteiger partial charge in [0.15, 0.2) is 0 Å². The van der Waals surface area contributed by atoms with Crippen molar-refractivity contribution in [2.24, 2.45) is 13.0 Å². The van der Waals surface area contributed by atoms with Gasteiger partial charge in [-0.25, -0.2) is 0 Å². The van der Waals surface area contributed by atoms with Crippen LogP contribution < -0.4 is 5.56 Å². The fourth-order valence-electron chi connectivity index (χ4n) is 2.26. The minimum Gasteiger partial charge on any atom is -0.501 e. The topological polar surface area (TPSA) is 55.0 Å². The largest absolute Gasteiger partial charge is 0.501 e. The smallest absolute Gasteiger partial charge is 0.254 e. The second kappa shape index (κ2) is 6.42. The SMILES string of the molecule is CCO/C=C/c1cc(C(C#N)CC2CC2)c(=O)n(C)c1. The van der Waals surface area contributed by atoms with Gasteiger partial charge in [-0.3, -0.25) is 4.79 Å². The van der Waals surface area contributed by atoms with Crippen molar-refractivity contribution in [2.45, 2.75) is 32.1 Å². The van der Waals surface area contributed by atoms with E-state index in [1.807, 2.05) is 19.1 Å². The summed E-state index contributed by atoms with van der Waals surface area (Å²) in [5.74, 6) is 0.314. The lowest BCUT2D eigenvalue weighted by Gasteiger charge is -2.11. The molecule has 1 aromatic rings. The Labute approximate surface area is 119 Å². The zero-order chi connectivity index (χ0) is 14.5. The number of hydrogen-bond acceptors (Lipinski definition) is 3. The van der Waals surface area contributed by atoms with Crippen LogP contribution in [0.1, 0.15) is 43.2 Å². The van der Waals surface area contributed by atoms with E-state index in [0.717, 1.165) is 12.0 Å². The average molecular weight is 272 g/mol. The molecule has 0 N–H and O–H groups in total. The maximum Gasteiger partial charge on any atom is 0.254 e. The van der Waals surface area contributed by atoms with Gasteiger partial charge in [0.25, 0.3) is 5.56 Å². The van der Waals surface area contributed by atoms with E-state index in [2.05, 4.69) is 6.07 Å². The van der Waals surface area contributed by atoms with Crippen molar-refractivity contribution in [1.29, 1.82) is 5.26 Å². The van der Waals surface area contributed by atoms with E-state index in [-0.39, 0.29) is 11.5 Å². The second-order valence-electron chi connectivity index (χ2n) is 5.26. The van der Waals surface area contributed by atoms with Crippen LogP contribution in [-0.2, 0) is 11.8 Å². The monoisotopic (exact) mass is 272 g/mol. The Morgan fingerprint density at radius 1 is 1.60 bits per heavy atom. The van der Waals surface area contributed by atoms with Gasteiger partial charge in [0.05, 0.1) is 24.9 Å². The highest BCUT2D eigenvalue weighted by Gasteiger charge is 2.27. The Balaban J connectivity index is 2.30. The zero-order valence-electron chi connectivity index (χ0n) is 12.0. The third kappa shape index (κ3) is 3.51. The molecule has 2 rings (SSSR count). The van der Waals surface area contributed by atoms with E-state index in [0.29, 0.717) is 18.1 Å². The molecule has 1 aliphatic rings. The summed E-state index contributed by atoms with van der Waals surface area (Å²) in [6.45, 7) is 2.52. The third-order valence-corrected chi connectivity index (χ3v) is 3.55. The highest BCUT2D eigenvalue weighted by molar-refractivity contribution is 5.48. The fraction of sp³-hybridized carbons (Fsp3) is 0.500. The van der Waals surface area contributed by atoms with Gasteiger partial charge in [-0.05, 0) is 37.0 Å². The van der Waals surface area contributed by atoms with Crippen molar-refractivity contribution in [1.82, 2.24) is 4.57 Å². The van der Waals surface area contributed by atoms with Crippen LogP contribution in [0.5, 0.6) is 0 Å². The Morgan fingerprint density at radius 3 is 2.95 bits per heavy atom. The molecule has 0 aromatic carbocycles. The van der Waals surface area contributed by atoms with Crippen molar-refractivity contribution in [3.8, 4) is 6.07 Å². The maximum atomic E-state index is 12.2. The number of pyridine rings is 1. The number of aryl methyl sites for hydroxylation is 1. The van der Waals surface area contributed by atoms with Crippen LogP contribution >= 0.6 is 0 Å². The first-order chi connectivity index (χ1) is 9.65. The van der Waals surface area contributed by atoms with Crippen molar-refractivity contribution in [3.05, 3.63) is 40.0 Å². The molecule has 1 unspecified atom stereocenters. The lowest BCUT2D eigenvalue weighted by Crippen LogP contribution is -2.23. The molecule has 0 spiro atoms. The van der Waals surface area contributed by atoms with Gasteiger partial charge in [-0.1, -0.05) is 12.8 Å². The Hall–Kier alpha value is -2.02. The van der Waals surface area contributed by atoms with Crippen molar-refractivity contribution in [3.63, 3.8) is 0 Å². The molecule has 0 aliphatic heterocycles. The molecule has 0 amide bonds. The van der Waals surface area contributed by atoms with Crippen molar-refractivity contribution < 1.29 is 4.74 Å². The number of nitriles is 1. The van der Waals surface area contributed by atoms with Crippen LogP contribution in [0.3, 0.4) is 0 Å². The molecule has 1 heterocycles. The molecule has 0 bridgehead atoms. The predicted octanol–water partition coefficient (Wildman–Crippen LogP) is 2.80. The van der Waals surface area contributed by atoms with Gasteiger partial charge in [-0.15, -0.1) is 0 Å². The second-order valence-corrected chi connectivity index (χ2v) is 5.26. The van der Waals surface area contributed by atoms with Crippen LogP contribution in [-0.4, -0.2) is 11.2 Å². The molecule has 1 saturated carbocycles. The zero-order valence-corrected chi connectivity index (χ0v) is 12.0. The van der Waals surface area contributed by atoms with E-state index in [4.69, 9.17) is 4.74 Å². The Kier molecular flexibility index (Phi) is 4.62. The molecule has 1 fully saturated rings. The van der Waals surface area contributed by atoms with Crippen molar-refractivity contribution >= 4 is 6.08 Å². The Morgan fingerprint density at radius 2 is 2.35 bits per heavy atom. The summed E-state index contributed by atoms with van der Waals surface area (Å²) in [6, 6.07) is 4.10. The van der Waals surface area contributed by atoms with Crippen LogP contribution in [0.4, 0.5) is 0 Å². The first-order valence-corrected chi connectivity index (χ1v) is 7.04. The number of rotatable bonds is 6. The van der Waals surface area contributed by atoms with Crippen molar-refractivity contribution in [2.75, 3.05) is 6.61 Å². The number of nitrogens with zero attached hydrogens (tertiary/aromatic N) is 2. The number of hydrogen-bond donors (Lipinski definition) is 0. The van der Waals surface area contributed by atoms with Gasteiger partial charge in [0.2, 0.25) is 0 Å². The van der Waals surface area contributed by atoms with Gasteiger partial charge in [0.1, 0.15) is 0 Å². The summed E-state index contributed by atoms with van der Waals surface area (Å²) < 4.78 is 6.72. The summed E-state index contributed by atoms with van der Waals surface area (Å²) in [7, 11) is 1.72. The van der Waals surface area contributed by atoms with Gasteiger partial charge >= 0.3 is 0 Å². The molecular formula is C16H20N2O2. The standard InChI is InChI=1S/C16H20N2O2/c1-3-20-7-6-13-9-15(16(19)18(2)11-13)14(10-17)8-12-4-5-12/h6-7,9,11-12,14H,3-5,8H2,1-2H3/b7-6+. The lowest BCUT2D eigenvalue weighted by atomic mass is 9.95. The van der Waals surface area contributed by atoms with E-state index in [1.165, 1.54) is 17.4 Å². The molecule has 20 heavy (non-hydrogen) atoms. The first kappa shape index (κ1) is 14.4. The number of aromatic nitrogens is 1. The van der Waals surface area contributed by atoms with Crippen LogP contribution in [0.2, 0.25) is 0 Å².